The summed E-state index contributed by atoms with van der Waals surface area (Å²) >= 11 is 0. The molecule has 0 fully saturated rings. The van der Waals surface area contributed by atoms with E-state index < -0.39 is 5.54 Å². The summed E-state index contributed by atoms with van der Waals surface area (Å²) in [5.41, 5.74) is -0.104. The van der Waals surface area contributed by atoms with E-state index in [4.69, 9.17) is 15.3 Å². The topological polar surface area (TPSA) is 90.5 Å². The molecule has 0 aliphatic heterocycles. The highest BCUT2D eigenvalue weighted by Gasteiger charge is 2.27. The monoisotopic (exact) mass is 215 g/mol. The molecule has 86 valence electrons. The highest BCUT2D eigenvalue weighted by molar-refractivity contribution is 5.04. The van der Waals surface area contributed by atoms with Gasteiger partial charge in [-0.15, -0.1) is 0 Å². The van der Waals surface area contributed by atoms with Gasteiger partial charge in [-0.1, -0.05) is 0 Å². The van der Waals surface area contributed by atoms with Crippen molar-refractivity contribution in [1.29, 1.82) is 0 Å². The van der Waals surface area contributed by atoms with Crippen LogP contribution >= 0.6 is 0 Å². The fourth-order valence-corrected chi connectivity index (χ4v) is 1.17. The summed E-state index contributed by atoms with van der Waals surface area (Å²) in [5, 5.41) is 34.1. The Labute approximate surface area is 88.2 Å². The number of hydrogen-bond donors (Lipinski definition) is 4. The summed E-state index contributed by atoms with van der Waals surface area (Å²) in [5.74, 6) is 0. The van der Waals surface area contributed by atoms with Crippen LogP contribution in [0, 0.1) is 0 Å². The van der Waals surface area contributed by atoms with E-state index >= 15 is 0 Å². The first kappa shape index (κ1) is 12.1. The molecule has 0 atom stereocenters. The van der Waals surface area contributed by atoms with Crippen molar-refractivity contribution in [2.24, 2.45) is 7.05 Å². The van der Waals surface area contributed by atoms with Gasteiger partial charge in [-0.2, -0.15) is 5.10 Å². The summed E-state index contributed by atoms with van der Waals surface area (Å²) in [6, 6.07) is 0. The molecule has 6 nitrogen and oxygen atoms in total. The van der Waals surface area contributed by atoms with Crippen molar-refractivity contribution < 1.29 is 15.3 Å². The van der Waals surface area contributed by atoms with Crippen LogP contribution in [0.2, 0.25) is 0 Å². The normalized spacial score (nSPS) is 12.0. The van der Waals surface area contributed by atoms with Gasteiger partial charge in [-0.25, -0.2) is 0 Å². The Bertz CT molecular complexity index is 288. The van der Waals surface area contributed by atoms with Crippen molar-refractivity contribution in [3.8, 4) is 0 Å². The van der Waals surface area contributed by atoms with Crippen LogP contribution in [0.5, 0.6) is 0 Å². The third-order valence-electron chi connectivity index (χ3n) is 2.33. The first-order valence-corrected chi connectivity index (χ1v) is 4.71. The molecule has 6 heteroatoms. The summed E-state index contributed by atoms with van der Waals surface area (Å²) < 4.78 is 1.66. The average Bonchev–Trinajstić information content (AvgIpc) is 2.67. The third-order valence-corrected chi connectivity index (χ3v) is 2.33. The Kier molecular flexibility index (Phi) is 4.22. The number of rotatable bonds is 6. The maximum atomic E-state index is 9.06. The molecule has 1 aromatic rings. The molecule has 0 aliphatic rings. The first-order chi connectivity index (χ1) is 7.15. The lowest BCUT2D eigenvalue weighted by Crippen LogP contribution is -2.54. The quantitative estimate of drug-likeness (QED) is 0.450. The van der Waals surface area contributed by atoms with Crippen molar-refractivity contribution in [3.63, 3.8) is 0 Å². The summed E-state index contributed by atoms with van der Waals surface area (Å²) in [6.07, 6.45) is 3.51. The molecule has 0 saturated carbocycles. The van der Waals surface area contributed by atoms with Crippen LogP contribution in [0.15, 0.2) is 12.4 Å². The predicted molar refractivity (Wildman–Crippen MR) is 54.0 cm³/mol. The van der Waals surface area contributed by atoms with Gasteiger partial charge in [0.05, 0.1) is 31.6 Å². The molecule has 1 heterocycles. The lowest BCUT2D eigenvalue weighted by molar-refractivity contribution is 0.0414. The molecule has 0 spiro atoms. The van der Waals surface area contributed by atoms with Gasteiger partial charge >= 0.3 is 0 Å². The zero-order chi connectivity index (χ0) is 11.3. The second kappa shape index (κ2) is 5.22. The SMILES string of the molecule is Cn1cc(CNC(CO)(CO)CO)cn1. The van der Waals surface area contributed by atoms with Crippen LogP contribution in [-0.4, -0.2) is 50.5 Å². The molecular formula is C9H17N3O3. The predicted octanol–water partition coefficient (Wildman–Crippen LogP) is -1.77. The van der Waals surface area contributed by atoms with Crippen molar-refractivity contribution in [3.05, 3.63) is 18.0 Å². The van der Waals surface area contributed by atoms with Gasteiger partial charge in [-0.05, 0) is 0 Å². The average molecular weight is 215 g/mol. The molecule has 0 unspecified atom stereocenters. The van der Waals surface area contributed by atoms with Crippen LogP contribution in [0.1, 0.15) is 5.56 Å². The van der Waals surface area contributed by atoms with Crippen LogP contribution in [0.3, 0.4) is 0 Å². The highest BCUT2D eigenvalue weighted by atomic mass is 16.3. The zero-order valence-electron chi connectivity index (χ0n) is 8.72. The van der Waals surface area contributed by atoms with Gasteiger partial charge in [-0.3, -0.25) is 4.68 Å². The molecule has 0 saturated heterocycles. The van der Waals surface area contributed by atoms with Crippen LogP contribution in [0.4, 0.5) is 0 Å². The molecular weight excluding hydrogens is 198 g/mol. The molecule has 0 amide bonds. The Morgan fingerprint density at radius 1 is 1.33 bits per heavy atom. The molecule has 0 aromatic carbocycles. The minimum atomic E-state index is -1.03. The van der Waals surface area contributed by atoms with E-state index in [0.717, 1.165) is 5.56 Å². The van der Waals surface area contributed by atoms with Gasteiger partial charge in [0, 0.05) is 25.4 Å². The zero-order valence-corrected chi connectivity index (χ0v) is 8.72. The van der Waals surface area contributed by atoms with Gasteiger partial charge in [0.1, 0.15) is 0 Å². The molecule has 0 bridgehead atoms. The van der Waals surface area contributed by atoms with E-state index in [0.29, 0.717) is 6.54 Å². The second-order valence-corrected chi connectivity index (χ2v) is 3.63. The van der Waals surface area contributed by atoms with Gasteiger partial charge in [0.2, 0.25) is 0 Å². The third kappa shape index (κ3) is 3.00. The number of nitrogens with one attached hydrogen (secondary N) is 1. The molecule has 1 aromatic heterocycles. The van der Waals surface area contributed by atoms with E-state index in [1.165, 1.54) is 0 Å². The molecule has 0 aliphatic carbocycles. The minimum Gasteiger partial charge on any atom is -0.394 e. The highest BCUT2D eigenvalue weighted by Crippen LogP contribution is 2.04. The Hall–Kier alpha value is -0.950. The fraction of sp³-hybridized carbons (Fsp3) is 0.667. The van der Waals surface area contributed by atoms with Crippen molar-refractivity contribution in [2.75, 3.05) is 19.8 Å². The second-order valence-electron chi connectivity index (χ2n) is 3.63. The minimum absolute atomic E-state index is 0.319. The van der Waals surface area contributed by atoms with E-state index in [9.17, 15) is 0 Å². The fourth-order valence-electron chi connectivity index (χ4n) is 1.17. The van der Waals surface area contributed by atoms with Crippen LogP contribution < -0.4 is 5.32 Å². The maximum Gasteiger partial charge on any atom is 0.0884 e. The first-order valence-electron chi connectivity index (χ1n) is 4.71. The van der Waals surface area contributed by atoms with Gasteiger partial charge in [0.15, 0.2) is 0 Å². The van der Waals surface area contributed by atoms with E-state index in [1.54, 1.807) is 17.9 Å². The lowest BCUT2D eigenvalue weighted by atomic mass is 10.0. The van der Waals surface area contributed by atoms with Crippen molar-refractivity contribution in [1.82, 2.24) is 15.1 Å². The Balaban J connectivity index is 2.54. The molecule has 15 heavy (non-hydrogen) atoms. The summed E-state index contributed by atoms with van der Waals surface area (Å²) in [4.78, 5) is 0. The maximum absolute atomic E-state index is 9.06. The molecule has 1 rings (SSSR count). The van der Waals surface area contributed by atoms with E-state index in [1.807, 2.05) is 6.20 Å². The van der Waals surface area contributed by atoms with Gasteiger partial charge < -0.3 is 20.6 Å². The van der Waals surface area contributed by atoms with Crippen molar-refractivity contribution in [2.45, 2.75) is 12.1 Å². The van der Waals surface area contributed by atoms with Crippen molar-refractivity contribution >= 4 is 0 Å². The van der Waals surface area contributed by atoms with Crippen LogP contribution in [-0.2, 0) is 13.6 Å². The number of aliphatic hydroxyl groups is 3. The molecule has 0 radical (unpaired) electrons. The number of aliphatic hydroxyl groups excluding tert-OH is 3. The summed E-state index contributed by atoms with van der Waals surface area (Å²) in [7, 11) is 1.81. The molecule has 4 N–H and O–H groups in total. The Morgan fingerprint density at radius 3 is 2.33 bits per heavy atom. The standard InChI is InChI=1S/C9H17N3O3/c1-12-4-8(3-11-12)2-10-9(5-13,6-14)7-15/h3-4,10,13-15H,2,5-7H2,1H3. The summed E-state index contributed by atoms with van der Waals surface area (Å²) in [6.45, 7) is -0.518. The van der Waals surface area contributed by atoms with E-state index in [-0.39, 0.29) is 19.8 Å². The number of aryl methyl sites for hydroxylation is 1. The van der Waals surface area contributed by atoms with Gasteiger partial charge in [0.25, 0.3) is 0 Å². The largest absolute Gasteiger partial charge is 0.394 e. The Morgan fingerprint density at radius 2 is 1.93 bits per heavy atom. The smallest absolute Gasteiger partial charge is 0.0884 e. The lowest BCUT2D eigenvalue weighted by Gasteiger charge is -2.28. The van der Waals surface area contributed by atoms with E-state index in [2.05, 4.69) is 10.4 Å². The number of hydrogen-bond acceptors (Lipinski definition) is 5. The van der Waals surface area contributed by atoms with Crippen LogP contribution in [0.25, 0.3) is 0 Å². The number of nitrogens with zero attached hydrogens (tertiary/aromatic N) is 2. The number of aromatic nitrogens is 2.